The van der Waals surface area contributed by atoms with E-state index in [1.165, 1.54) is 28.8 Å². The van der Waals surface area contributed by atoms with Gasteiger partial charge in [-0.3, -0.25) is 9.59 Å². The third-order valence-electron chi connectivity index (χ3n) is 4.04. The van der Waals surface area contributed by atoms with Crippen LogP contribution in [-0.2, 0) is 14.3 Å². The lowest BCUT2D eigenvalue weighted by atomic mass is 9.99. The van der Waals surface area contributed by atoms with E-state index in [1.54, 1.807) is 12.1 Å². The molecule has 2 saturated heterocycles. The van der Waals surface area contributed by atoms with Crippen LogP contribution < -0.4 is 5.32 Å². The standard InChI is InChI=1S/C16H19FN2O3S/c17-12-5-3-11(4-6-12)16(13-2-1-7-22-13)18-14(20)8-19-10-23-9-15(19)21/h3-6,13,16H,1-2,7-10H2,(H,18,20)/t13-,16-/m1/s1. The number of ether oxygens (including phenoxy) is 1. The Balaban J connectivity index is 1.69. The first kappa shape index (κ1) is 16.3. The highest BCUT2D eigenvalue weighted by atomic mass is 32.2. The number of hydrogen-bond donors (Lipinski definition) is 1. The van der Waals surface area contributed by atoms with E-state index >= 15 is 0 Å². The summed E-state index contributed by atoms with van der Waals surface area (Å²) < 4.78 is 18.8. The van der Waals surface area contributed by atoms with E-state index in [0.717, 1.165) is 18.4 Å². The minimum atomic E-state index is -0.323. The molecule has 0 unspecified atom stereocenters. The summed E-state index contributed by atoms with van der Waals surface area (Å²) in [5, 5.41) is 2.95. The Morgan fingerprint density at radius 1 is 1.43 bits per heavy atom. The van der Waals surface area contributed by atoms with Gasteiger partial charge in [0.1, 0.15) is 12.4 Å². The van der Waals surface area contributed by atoms with Gasteiger partial charge in [0.25, 0.3) is 0 Å². The molecule has 0 aliphatic carbocycles. The van der Waals surface area contributed by atoms with Crippen LogP contribution in [0.15, 0.2) is 24.3 Å². The van der Waals surface area contributed by atoms with E-state index in [9.17, 15) is 14.0 Å². The molecule has 1 aromatic carbocycles. The molecule has 3 rings (SSSR count). The molecular formula is C16H19FN2O3S. The molecule has 0 saturated carbocycles. The number of carbonyl (C=O) groups excluding carboxylic acids is 2. The van der Waals surface area contributed by atoms with E-state index in [0.29, 0.717) is 18.2 Å². The van der Waals surface area contributed by atoms with Crippen molar-refractivity contribution >= 4 is 23.6 Å². The zero-order chi connectivity index (χ0) is 16.2. The molecule has 2 amide bonds. The third kappa shape index (κ3) is 4.03. The van der Waals surface area contributed by atoms with Gasteiger partial charge in [-0.25, -0.2) is 4.39 Å². The van der Waals surface area contributed by atoms with Crippen molar-refractivity contribution in [2.75, 3.05) is 24.8 Å². The largest absolute Gasteiger partial charge is 0.376 e. The SMILES string of the molecule is O=C(CN1CSCC1=O)N[C@H](c1ccc(F)cc1)[C@H]1CCCO1. The minimum absolute atomic E-state index is 0.0133. The quantitative estimate of drug-likeness (QED) is 0.888. The van der Waals surface area contributed by atoms with Crippen LogP contribution in [-0.4, -0.2) is 47.6 Å². The lowest BCUT2D eigenvalue weighted by Crippen LogP contribution is -2.42. The van der Waals surface area contributed by atoms with Gasteiger partial charge < -0.3 is 15.0 Å². The van der Waals surface area contributed by atoms with Gasteiger partial charge in [-0.05, 0) is 30.5 Å². The van der Waals surface area contributed by atoms with Crippen molar-refractivity contribution in [3.05, 3.63) is 35.6 Å². The maximum Gasteiger partial charge on any atom is 0.240 e. The molecule has 7 heteroatoms. The molecule has 0 spiro atoms. The van der Waals surface area contributed by atoms with Crippen molar-refractivity contribution in [1.29, 1.82) is 0 Å². The summed E-state index contributed by atoms with van der Waals surface area (Å²) >= 11 is 1.50. The zero-order valence-electron chi connectivity index (χ0n) is 12.7. The van der Waals surface area contributed by atoms with E-state index in [-0.39, 0.29) is 36.3 Å². The minimum Gasteiger partial charge on any atom is -0.376 e. The highest BCUT2D eigenvalue weighted by Crippen LogP contribution is 2.27. The smallest absolute Gasteiger partial charge is 0.240 e. The summed E-state index contributed by atoms with van der Waals surface area (Å²) in [7, 11) is 0. The van der Waals surface area contributed by atoms with Gasteiger partial charge in [0.05, 0.1) is 23.8 Å². The molecule has 0 radical (unpaired) electrons. The van der Waals surface area contributed by atoms with E-state index in [2.05, 4.69) is 5.32 Å². The fourth-order valence-corrected chi connectivity index (χ4v) is 3.76. The molecule has 23 heavy (non-hydrogen) atoms. The number of hydrogen-bond acceptors (Lipinski definition) is 4. The van der Waals surface area contributed by atoms with Crippen LogP contribution in [0.3, 0.4) is 0 Å². The molecular weight excluding hydrogens is 319 g/mol. The molecule has 2 aliphatic heterocycles. The molecule has 2 aliphatic rings. The number of carbonyl (C=O) groups is 2. The second kappa shape index (κ2) is 7.31. The zero-order valence-corrected chi connectivity index (χ0v) is 13.5. The number of benzene rings is 1. The number of nitrogens with zero attached hydrogens (tertiary/aromatic N) is 1. The third-order valence-corrected chi connectivity index (χ3v) is 4.99. The number of amides is 2. The summed E-state index contributed by atoms with van der Waals surface area (Å²) in [6.45, 7) is 0.718. The monoisotopic (exact) mass is 338 g/mol. The van der Waals surface area contributed by atoms with Crippen LogP contribution in [0.1, 0.15) is 24.4 Å². The van der Waals surface area contributed by atoms with Crippen molar-refractivity contribution in [3.8, 4) is 0 Å². The second-order valence-electron chi connectivity index (χ2n) is 5.72. The average Bonchev–Trinajstić information content (AvgIpc) is 3.19. The molecule has 124 valence electrons. The lowest BCUT2D eigenvalue weighted by Gasteiger charge is -2.26. The molecule has 2 heterocycles. The van der Waals surface area contributed by atoms with Gasteiger partial charge in [0.2, 0.25) is 11.8 Å². The molecule has 5 nitrogen and oxygen atoms in total. The van der Waals surface area contributed by atoms with E-state index < -0.39 is 0 Å². The van der Waals surface area contributed by atoms with Crippen LogP contribution >= 0.6 is 11.8 Å². The first-order valence-corrected chi connectivity index (χ1v) is 8.81. The highest BCUT2D eigenvalue weighted by molar-refractivity contribution is 8.00. The highest BCUT2D eigenvalue weighted by Gasteiger charge is 2.30. The lowest BCUT2D eigenvalue weighted by molar-refractivity contribution is -0.133. The van der Waals surface area contributed by atoms with Gasteiger partial charge in [0, 0.05) is 6.61 Å². The van der Waals surface area contributed by atoms with Crippen molar-refractivity contribution in [3.63, 3.8) is 0 Å². The summed E-state index contributed by atoms with van der Waals surface area (Å²) in [6.07, 6.45) is 1.67. The van der Waals surface area contributed by atoms with E-state index in [1.807, 2.05) is 0 Å². The average molecular weight is 338 g/mol. The molecule has 1 N–H and O–H groups in total. The van der Waals surface area contributed by atoms with Crippen LogP contribution in [0.5, 0.6) is 0 Å². The number of halogens is 1. The molecule has 0 bridgehead atoms. The van der Waals surface area contributed by atoms with Crippen molar-refractivity contribution < 1.29 is 18.7 Å². The van der Waals surface area contributed by atoms with Gasteiger partial charge in [-0.1, -0.05) is 12.1 Å². The van der Waals surface area contributed by atoms with Gasteiger partial charge in [-0.15, -0.1) is 11.8 Å². The van der Waals surface area contributed by atoms with Crippen molar-refractivity contribution in [2.45, 2.75) is 25.0 Å². The topological polar surface area (TPSA) is 58.6 Å². The Morgan fingerprint density at radius 3 is 2.83 bits per heavy atom. The number of rotatable bonds is 5. The van der Waals surface area contributed by atoms with Crippen LogP contribution in [0.25, 0.3) is 0 Å². The van der Waals surface area contributed by atoms with Crippen molar-refractivity contribution in [1.82, 2.24) is 10.2 Å². The predicted molar refractivity (Wildman–Crippen MR) is 85.3 cm³/mol. The Bertz CT molecular complexity index is 575. The van der Waals surface area contributed by atoms with Gasteiger partial charge >= 0.3 is 0 Å². The summed E-state index contributed by atoms with van der Waals surface area (Å²) in [5.74, 6) is 0.436. The van der Waals surface area contributed by atoms with Gasteiger partial charge in [0.15, 0.2) is 0 Å². The second-order valence-corrected chi connectivity index (χ2v) is 6.67. The maximum absolute atomic E-state index is 13.1. The summed E-state index contributed by atoms with van der Waals surface area (Å²) in [5.41, 5.74) is 0.814. The van der Waals surface area contributed by atoms with Crippen LogP contribution in [0.2, 0.25) is 0 Å². The first-order chi connectivity index (χ1) is 11.1. The fourth-order valence-electron chi connectivity index (χ4n) is 2.86. The van der Waals surface area contributed by atoms with E-state index in [4.69, 9.17) is 4.74 Å². The number of thioether (sulfide) groups is 1. The fraction of sp³-hybridized carbons (Fsp3) is 0.500. The Labute approximate surface area is 138 Å². The molecule has 2 fully saturated rings. The Morgan fingerprint density at radius 2 is 2.22 bits per heavy atom. The Hall–Kier alpha value is -1.60. The maximum atomic E-state index is 13.1. The Kier molecular flexibility index (Phi) is 5.17. The van der Waals surface area contributed by atoms with Crippen LogP contribution in [0.4, 0.5) is 4.39 Å². The number of nitrogens with one attached hydrogen (secondary N) is 1. The van der Waals surface area contributed by atoms with Gasteiger partial charge in [-0.2, -0.15) is 0 Å². The molecule has 1 aromatic rings. The first-order valence-electron chi connectivity index (χ1n) is 7.65. The molecule has 2 atom stereocenters. The summed E-state index contributed by atoms with van der Waals surface area (Å²) in [6, 6.07) is 5.77. The molecule has 0 aromatic heterocycles. The predicted octanol–water partition coefficient (Wildman–Crippen LogP) is 1.69. The van der Waals surface area contributed by atoms with Crippen LogP contribution in [0, 0.1) is 5.82 Å². The normalized spacial score (nSPS) is 22.4. The summed E-state index contributed by atoms with van der Waals surface area (Å²) in [4.78, 5) is 25.5. The van der Waals surface area contributed by atoms with Crippen molar-refractivity contribution in [2.24, 2.45) is 0 Å².